The number of H-pyrrole nitrogens is 4. The van der Waals surface area contributed by atoms with Crippen LogP contribution in [0.3, 0.4) is 0 Å². The minimum atomic E-state index is -5.07. The molecule has 8 aromatic rings. The molecule has 0 aliphatic carbocycles. The van der Waals surface area contributed by atoms with Crippen molar-refractivity contribution in [2.45, 2.75) is 222 Å². The molecule has 0 bridgehead atoms. The first-order chi connectivity index (χ1) is 66.0. The van der Waals surface area contributed by atoms with Crippen molar-refractivity contribution >= 4 is 159 Å². The van der Waals surface area contributed by atoms with Gasteiger partial charge >= 0.3 is 34.1 Å². The summed E-state index contributed by atoms with van der Waals surface area (Å²) in [6, 6.07) is 0. The zero-order chi connectivity index (χ0) is 102. The number of nitrogens with two attached hydrogens (primary N) is 3. The van der Waals surface area contributed by atoms with Crippen molar-refractivity contribution in [1.82, 2.24) is 76.8 Å². The van der Waals surface area contributed by atoms with Gasteiger partial charge in [0.2, 0.25) is 0 Å². The Kier molecular flexibility index (Phi) is 33.7. The third-order valence-electron chi connectivity index (χ3n) is 23.1. The monoisotopic (exact) mass is 2240 g/mol. The minimum absolute atomic E-state index is 0.00194. The lowest BCUT2D eigenvalue weighted by atomic mass is 10.2. The molecule has 0 radical (unpaired) electrons. The summed E-state index contributed by atoms with van der Waals surface area (Å²) in [5.74, 6) is -0.168. The summed E-state index contributed by atoms with van der Waals surface area (Å²) in [7, 11) is 0. The molecule has 7 fully saturated rings. The normalized spacial score (nSPS) is 30.0. The van der Waals surface area contributed by atoms with Crippen LogP contribution in [0.5, 0.6) is 0 Å². The summed E-state index contributed by atoms with van der Waals surface area (Å²) < 4.78 is 141. The Morgan fingerprint density at radius 1 is 0.376 bits per heavy atom. The molecule has 57 nitrogen and oxygen atoms in total. The van der Waals surface area contributed by atoms with Crippen molar-refractivity contribution in [1.29, 1.82) is 0 Å². The van der Waals surface area contributed by atoms with E-state index in [0.29, 0.717) is 11.1 Å². The standard InChI is InChI=1S/C70H94N19O38P7S7/c1-29-15-83(65(94)77-57(29)71)49-8-36(35(7)114-49)122-129(102,136)108-22-44-38(10-51(116-44)85-17-31(3)61(90)79-67(85)96)124-131(104,138)110-23-45-40(12-53(117-45)87-19-33(5)63(92)81-69(87)98)125-132(105,139)111-24-46-41(13-54(118-46)88-20-34(6)64(93)82-70(88)99)126-133(106,140)113-26-48-42(14-55(120-48)89-28-76-56-59(73)74-27-75-60(56)89)127-134(107,141)112-25-47-39(11-52(119-47)86-18-32(4)62(91)80-68(86)97)123-130(103,137)109-21-43-37(121-128(100,101)135)9-50(115-43)84-16-30(2)58(72)78-66(84)95/h15-20,27-28,35-55H,8-14,21-26H2,1-7H3,(H,102,136)(H,103,137)(H,104,138)(H,105,139)(H,106,140)(H,107,141)(H2,71,77,94)(H2,72,78,95)(H2,73,74,75)(H,79,90,96)(H,80,91,97)(H,81,92,98)(H,82,93,99)(H2,100,101,135)/p-7/t35-,36-,37-,38-,39-,40-,41-,42-,43-,44-,45-,46-,47-,48-,49-,50-,51-,52-,53-,54-,55-,129?,130?,131?,132?,133?,134?/m1/s1. The molecule has 0 spiro atoms. The fraction of sp³-hybridized carbons (Fsp3) is 0.586. The van der Waals surface area contributed by atoms with Crippen LogP contribution < -0.4 is 103 Å². The molecule has 7 saturated heterocycles. The predicted molar refractivity (Wildman–Crippen MR) is 497 cm³/mol. The topological polar surface area (TPSA) is 771 Å². The van der Waals surface area contributed by atoms with Gasteiger partial charge in [0.05, 0.1) is 94.8 Å². The molecule has 71 heteroatoms. The van der Waals surface area contributed by atoms with Crippen LogP contribution in [0.4, 0.5) is 17.5 Å². The smallest absolute Gasteiger partial charge is 0.351 e. The largest absolute Gasteiger partial charge is 0.780 e. The van der Waals surface area contributed by atoms with E-state index in [-0.39, 0.29) is 70.1 Å². The van der Waals surface area contributed by atoms with E-state index in [4.69, 9.17) is 180 Å². The quantitative estimate of drug-likeness (QED) is 0.0135. The van der Waals surface area contributed by atoms with Gasteiger partial charge in [-0.05, 0) is 48.5 Å². The lowest BCUT2D eigenvalue weighted by Gasteiger charge is -2.36. The Bertz CT molecular complexity index is 7130. The fourth-order valence-corrected chi connectivity index (χ4v) is 25.8. The van der Waals surface area contributed by atoms with Gasteiger partial charge < -0.3 is 156 Å². The van der Waals surface area contributed by atoms with E-state index in [1.807, 2.05) is 0 Å². The van der Waals surface area contributed by atoms with Gasteiger partial charge in [0.15, 0.2) is 18.3 Å². The van der Waals surface area contributed by atoms with E-state index in [0.717, 1.165) is 54.0 Å². The summed E-state index contributed by atoms with van der Waals surface area (Å²) in [5, 5.41) is 0. The molecule has 15 rings (SSSR count). The number of rotatable bonds is 39. The maximum atomic E-state index is 14.9. The fourth-order valence-electron chi connectivity index (χ4n) is 16.1. The number of anilines is 3. The maximum absolute atomic E-state index is 14.9. The Balaban J connectivity index is 0.634. The molecule has 7 unspecified atom stereocenters. The van der Waals surface area contributed by atoms with Crippen molar-refractivity contribution in [2.24, 2.45) is 0 Å². The van der Waals surface area contributed by atoms with Gasteiger partial charge in [0.1, 0.15) is 144 Å². The van der Waals surface area contributed by atoms with Gasteiger partial charge in [-0.25, -0.2) is 43.7 Å². The number of nitrogens with zero attached hydrogens (tertiary/aromatic N) is 12. The second kappa shape index (κ2) is 43.6. The number of nitrogens with one attached hydrogen (secondary N) is 4. The minimum Gasteiger partial charge on any atom is -0.780 e. The Labute approximate surface area is 827 Å². The molecular formula is C70H87N19O38P7S7-7. The molecule has 0 saturated carbocycles. The Morgan fingerprint density at radius 3 is 0.957 bits per heavy atom. The van der Waals surface area contributed by atoms with E-state index in [2.05, 4.69) is 56.7 Å². The molecule has 8 aromatic heterocycles. The summed E-state index contributed by atoms with van der Waals surface area (Å²) in [4.78, 5) is 254. The molecule has 15 heterocycles. The average Bonchev–Trinajstić information content (AvgIpc) is 1.63. The molecule has 28 atom stereocenters. The lowest BCUT2D eigenvalue weighted by Crippen LogP contribution is -2.34. The van der Waals surface area contributed by atoms with Crippen molar-refractivity contribution < 1.29 is 131 Å². The van der Waals surface area contributed by atoms with E-state index < -0.39 is 298 Å². The Morgan fingerprint density at radius 2 is 0.638 bits per heavy atom. The van der Waals surface area contributed by atoms with E-state index in [9.17, 15) is 86.8 Å². The van der Waals surface area contributed by atoms with Gasteiger partial charge in [0, 0.05) is 116 Å². The van der Waals surface area contributed by atoms with Crippen LogP contribution in [-0.4, -0.2) is 207 Å². The summed E-state index contributed by atoms with van der Waals surface area (Å²) in [6.07, 6.45) is -22.7. The number of fused-ring (bicyclic) bond motifs is 1. The number of aromatic amines is 4. The van der Waals surface area contributed by atoms with Crippen LogP contribution in [0.2, 0.25) is 0 Å². The van der Waals surface area contributed by atoms with Gasteiger partial charge in [0.25, 0.3) is 22.2 Å². The molecule has 141 heavy (non-hydrogen) atoms. The van der Waals surface area contributed by atoms with E-state index in [1.165, 1.54) is 55.6 Å². The van der Waals surface area contributed by atoms with Crippen LogP contribution >= 0.6 is 47.1 Å². The van der Waals surface area contributed by atoms with Crippen LogP contribution in [-0.2, 0) is 180 Å². The molecule has 0 amide bonds. The second-order valence-corrected chi connectivity index (χ2v) is 51.9. The van der Waals surface area contributed by atoms with Gasteiger partial charge in [-0.3, -0.25) is 75.6 Å². The van der Waals surface area contributed by atoms with Crippen molar-refractivity contribution in [3.8, 4) is 0 Å². The number of aryl methyl sites for hydroxylation is 6. The SMILES string of the molecule is Cc1cn([C@H]2C[C@@H](OP([O-])(=S)OC[C@H]3O[C@@H](n4cc(C)c(=O)[nH]c4=O)C[C@H]3OP(=O)([S-])OC[C@H]3O[C@@H](n4cc(C)c(=O)[nH]c4=O)C[C@H]3OP([O-])(=S)OC[C@H]3O[C@@H](n4cc(C)c(=O)[nH]c4=O)C[C@H]3OP([O-])(=S)OC[C@H]3O[C@@H](n4cnc5c(N)ncnc54)C[C@H]3OP([O-])(=S)OC[C@H]3O[C@@H](n4cc(C)c(=O)[nH]c4=O)C[C@H]3OP([O-])(=S)OC[C@H]3O[C@@H](n4cc(C)c(N)nc4=O)C[C@H]3OP([O-])(O)=S)[C@@H](C)O2)c(=O)nc1N. The molecule has 774 valence electrons. The first-order valence-electron chi connectivity index (χ1n) is 42.0. The summed E-state index contributed by atoms with van der Waals surface area (Å²) in [6.45, 7) is -29.5. The highest BCUT2D eigenvalue weighted by Gasteiger charge is 2.49. The molecule has 11 N–H and O–H groups in total. The van der Waals surface area contributed by atoms with Gasteiger partial charge in [-0.2, -0.15) is 9.97 Å². The summed E-state index contributed by atoms with van der Waals surface area (Å²) in [5.41, 5.74) is 10.1. The number of aromatic nitrogens is 16. The van der Waals surface area contributed by atoms with Crippen LogP contribution in [0.1, 0.15) is 129 Å². The average molecular weight is 2240 g/mol. The predicted octanol–water partition coefficient (Wildman–Crippen LogP) is -3.88. The van der Waals surface area contributed by atoms with E-state index >= 15 is 0 Å². The maximum Gasteiger partial charge on any atom is 0.351 e. The van der Waals surface area contributed by atoms with Gasteiger partial charge in [-0.1, -0.05) is 70.8 Å². The molecule has 7 aliphatic heterocycles. The number of nitrogen functional groups attached to an aromatic ring is 3. The highest BCUT2D eigenvalue weighted by Crippen LogP contribution is 2.56. The highest BCUT2D eigenvalue weighted by atomic mass is 32.7. The number of ether oxygens (including phenoxy) is 7. The first kappa shape index (κ1) is 109. The first-order valence-corrected chi connectivity index (χ1v) is 60.0. The lowest BCUT2D eigenvalue weighted by molar-refractivity contribution is -0.221. The van der Waals surface area contributed by atoms with E-state index in [1.54, 1.807) is 20.8 Å². The van der Waals surface area contributed by atoms with Crippen LogP contribution in [0.25, 0.3) is 11.2 Å². The highest BCUT2D eigenvalue weighted by molar-refractivity contribution is 8.32. The summed E-state index contributed by atoms with van der Waals surface area (Å²) >= 11 is 37.2. The third-order valence-corrected chi connectivity index (χ3v) is 33.3. The number of hydrogen-bond acceptors (Lipinski definition) is 52. The van der Waals surface area contributed by atoms with Crippen LogP contribution in [0, 0.1) is 41.5 Å². The van der Waals surface area contributed by atoms with Crippen molar-refractivity contribution in [3.05, 3.63) is 188 Å². The van der Waals surface area contributed by atoms with Crippen molar-refractivity contribution in [2.75, 3.05) is 56.8 Å². The molecular weight excluding hydrogens is 2160 g/mol. The molecule has 0 aromatic carbocycles. The van der Waals surface area contributed by atoms with Crippen LogP contribution in [0.15, 0.2) is 97.8 Å². The third kappa shape index (κ3) is 26.6. The zero-order valence-corrected chi connectivity index (χ0v) is 86.1. The van der Waals surface area contributed by atoms with Crippen molar-refractivity contribution in [3.63, 3.8) is 0 Å². The number of hydrogen-bond donors (Lipinski definition) is 8. The zero-order valence-electron chi connectivity index (χ0n) is 74.1. The number of imidazole rings is 1. The Hall–Kier alpha value is -6.17. The second-order valence-electron chi connectivity index (χ2n) is 33.1. The van der Waals surface area contributed by atoms with Gasteiger partial charge in [-0.15, -0.1) is 0 Å². The molecule has 7 aliphatic rings.